The van der Waals surface area contributed by atoms with Crippen molar-refractivity contribution in [1.82, 2.24) is 4.90 Å². The molecule has 2 rings (SSSR count). The molecule has 0 aliphatic carbocycles. The second-order valence-corrected chi connectivity index (χ2v) is 6.18. The monoisotopic (exact) mass is 317 g/mol. The van der Waals surface area contributed by atoms with Gasteiger partial charge >= 0.3 is 0 Å². The highest BCUT2D eigenvalue weighted by molar-refractivity contribution is 6.30. The van der Waals surface area contributed by atoms with Crippen LogP contribution in [0.15, 0.2) is 54.6 Å². The number of hydrogen-bond donors (Lipinski definition) is 1. The number of rotatable bonds is 7. The molecule has 0 bridgehead atoms. The van der Waals surface area contributed by atoms with Crippen molar-refractivity contribution in [2.75, 3.05) is 6.54 Å². The van der Waals surface area contributed by atoms with E-state index in [0.29, 0.717) is 17.6 Å². The van der Waals surface area contributed by atoms with Gasteiger partial charge < -0.3 is 5.11 Å². The highest BCUT2D eigenvalue weighted by Crippen LogP contribution is 2.20. The predicted octanol–water partition coefficient (Wildman–Crippen LogP) is 4.67. The quantitative estimate of drug-likeness (QED) is 0.802. The number of aliphatic hydroxyl groups excluding tert-OH is 1. The van der Waals surface area contributed by atoms with Gasteiger partial charge in [-0.05, 0) is 36.6 Å². The lowest BCUT2D eigenvalue weighted by Crippen LogP contribution is -2.35. The molecular weight excluding hydrogens is 294 g/mol. The summed E-state index contributed by atoms with van der Waals surface area (Å²) in [6, 6.07) is 18.2. The van der Waals surface area contributed by atoms with Crippen molar-refractivity contribution in [3.8, 4) is 0 Å². The van der Waals surface area contributed by atoms with Crippen molar-refractivity contribution in [2.45, 2.75) is 39.0 Å². The van der Waals surface area contributed by atoms with E-state index in [2.05, 4.69) is 43.0 Å². The van der Waals surface area contributed by atoms with Crippen LogP contribution in [0.1, 0.15) is 37.5 Å². The molecule has 0 saturated heterocycles. The summed E-state index contributed by atoms with van der Waals surface area (Å²) < 4.78 is 0. The Balaban J connectivity index is 2.07. The standard InChI is InChI=1S/C19H24ClNO/c1-3-15(2)21(13-16-7-5-4-6-8-16)14-19(22)17-9-11-18(20)12-10-17/h4-12,15,19,22H,3,13-14H2,1-2H3/t15-,19-/m0/s1. The van der Waals surface area contributed by atoms with Crippen LogP contribution in [-0.2, 0) is 6.54 Å². The molecule has 0 fully saturated rings. The Morgan fingerprint density at radius 3 is 2.27 bits per heavy atom. The molecule has 0 heterocycles. The van der Waals surface area contributed by atoms with Crippen LogP contribution >= 0.6 is 11.6 Å². The first-order valence-corrected chi connectivity index (χ1v) is 8.19. The fourth-order valence-electron chi connectivity index (χ4n) is 2.49. The second kappa shape index (κ2) is 8.33. The summed E-state index contributed by atoms with van der Waals surface area (Å²) in [5.74, 6) is 0. The SMILES string of the molecule is CC[C@H](C)N(Cc1ccccc1)C[C@H](O)c1ccc(Cl)cc1. The molecule has 2 aromatic rings. The zero-order chi connectivity index (χ0) is 15.9. The fraction of sp³-hybridized carbons (Fsp3) is 0.368. The van der Waals surface area contributed by atoms with E-state index in [-0.39, 0.29) is 0 Å². The molecule has 0 aromatic heterocycles. The summed E-state index contributed by atoms with van der Waals surface area (Å²) in [5, 5.41) is 11.2. The summed E-state index contributed by atoms with van der Waals surface area (Å²) in [6.07, 6.45) is 0.551. The van der Waals surface area contributed by atoms with E-state index in [9.17, 15) is 5.11 Å². The van der Waals surface area contributed by atoms with E-state index in [1.54, 1.807) is 0 Å². The lowest BCUT2D eigenvalue weighted by Gasteiger charge is -2.30. The number of aliphatic hydroxyl groups is 1. The van der Waals surface area contributed by atoms with Crippen LogP contribution in [0.2, 0.25) is 5.02 Å². The first-order chi connectivity index (χ1) is 10.6. The van der Waals surface area contributed by atoms with E-state index in [1.165, 1.54) is 5.56 Å². The van der Waals surface area contributed by atoms with Crippen LogP contribution in [0.3, 0.4) is 0 Å². The number of benzene rings is 2. The van der Waals surface area contributed by atoms with Gasteiger partial charge in [0.15, 0.2) is 0 Å². The van der Waals surface area contributed by atoms with E-state index < -0.39 is 6.10 Å². The summed E-state index contributed by atoms with van der Waals surface area (Å²) >= 11 is 5.91. The Kier molecular flexibility index (Phi) is 6.44. The third-order valence-corrected chi connectivity index (χ3v) is 4.36. The van der Waals surface area contributed by atoms with Crippen molar-refractivity contribution in [2.24, 2.45) is 0 Å². The van der Waals surface area contributed by atoms with Crippen LogP contribution < -0.4 is 0 Å². The lowest BCUT2D eigenvalue weighted by atomic mass is 10.1. The molecule has 0 saturated carbocycles. The van der Waals surface area contributed by atoms with Crippen LogP contribution in [0.5, 0.6) is 0 Å². The third kappa shape index (κ3) is 4.84. The molecule has 0 radical (unpaired) electrons. The van der Waals surface area contributed by atoms with Gasteiger partial charge in [0.25, 0.3) is 0 Å². The molecule has 0 amide bonds. The van der Waals surface area contributed by atoms with Gasteiger partial charge in [0.2, 0.25) is 0 Å². The van der Waals surface area contributed by atoms with Crippen molar-refractivity contribution in [3.05, 3.63) is 70.7 Å². The minimum Gasteiger partial charge on any atom is -0.387 e. The van der Waals surface area contributed by atoms with Gasteiger partial charge in [0.05, 0.1) is 6.10 Å². The molecule has 1 N–H and O–H groups in total. The summed E-state index contributed by atoms with van der Waals surface area (Å²) in [6.45, 7) is 5.85. The van der Waals surface area contributed by atoms with E-state index in [4.69, 9.17) is 11.6 Å². The van der Waals surface area contributed by atoms with Crippen LogP contribution in [0, 0.1) is 0 Å². The summed E-state index contributed by atoms with van der Waals surface area (Å²) in [7, 11) is 0. The Labute approximate surface area is 138 Å². The zero-order valence-electron chi connectivity index (χ0n) is 13.2. The maximum absolute atomic E-state index is 10.5. The van der Waals surface area contributed by atoms with Gasteiger partial charge in [0.1, 0.15) is 0 Å². The second-order valence-electron chi connectivity index (χ2n) is 5.74. The Hall–Kier alpha value is -1.35. The number of halogens is 1. The fourth-order valence-corrected chi connectivity index (χ4v) is 2.61. The molecule has 0 unspecified atom stereocenters. The van der Waals surface area contributed by atoms with Crippen molar-refractivity contribution in [3.63, 3.8) is 0 Å². The molecule has 0 aliphatic rings. The Morgan fingerprint density at radius 2 is 1.68 bits per heavy atom. The van der Waals surface area contributed by atoms with Crippen LogP contribution in [0.4, 0.5) is 0 Å². The van der Waals surface area contributed by atoms with E-state index in [0.717, 1.165) is 18.5 Å². The molecule has 22 heavy (non-hydrogen) atoms. The number of hydrogen-bond acceptors (Lipinski definition) is 2. The molecule has 0 aliphatic heterocycles. The predicted molar refractivity (Wildman–Crippen MR) is 93.0 cm³/mol. The van der Waals surface area contributed by atoms with E-state index in [1.807, 2.05) is 30.3 Å². The largest absolute Gasteiger partial charge is 0.387 e. The maximum Gasteiger partial charge on any atom is 0.0917 e. The first kappa shape index (κ1) is 17.0. The van der Waals surface area contributed by atoms with Crippen molar-refractivity contribution < 1.29 is 5.11 Å². The smallest absolute Gasteiger partial charge is 0.0917 e. The molecule has 118 valence electrons. The van der Waals surface area contributed by atoms with Gasteiger partial charge in [0, 0.05) is 24.2 Å². The molecule has 2 nitrogen and oxygen atoms in total. The minimum absolute atomic E-state index is 0.419. The molecule has 2 atom stereocenters. The highest BCUT2D eigenvalue weighted by Gasteiger charge is 2.18. The highest BCUT2D eigenvalue weighted by atomic mass is 35.5. The van der Waals surface area contributed by atoms with E-state index >= 15 is 0 Å². The lowest BCUT2D eigenvalue weighted by molar-refractivity contribution is 0.0848. The van der Waals surface area contributed by atoms with Gasteiger partial charge in [-0.25, -0.2) is 0 Å². The average Bonchev–Trinajstić information content (AvgIpc) is 2.55. The molecule has 2 aromatic carbocycles. The molecular formula is C19H24ClNO. The number of nitrogens with zero attached hydrogens (tertiary/aromatic N) is 1. The first-order valence-electron chi connectivity index (χ1n) is 7.81. The van der Waals surface area contributed by atoms with Crippen molar-refractivity contribution in [1.29, 1.82) is 0 Å². The topological polar surface area (TPSA) is 23.5 Å². The van der Waals surface area contributed by atoms with Crippen molar-refractivity contribution >= 4 is 11.6 Å². The minimum atomic E-state index is -0.505. The summed E-state index contributed by atoms with van der Waals surface area (Å²) in [4.78, 5) is 2.33. The summed E-state index contributed by atoms with van der Waals surface area (Å²) in [5.41, 5.74) is 2.18. The van der Waals surface area contributed by atoms with Gasteiger partial charge in [-0.2, -0.15) is 0 Å². The average molecular weight is 318 g/mol. The van der Waals surface area contributed by atoms with Crippen LogP contribution in [-0.4, -0.2) is 22.6 Å². The maximum atomic E-state index is 10.5. The van der Waals surface area contributed by atoms with Gasteiger partial charge in [-0.3, -0.25) is 4.90 Å². The normalized spacial score (nSPS) is 14.0. The van der Waals surface area contributed by atoms with Gasteiger partial charge in [-0.15, -0.1) is 0 Å². The zero-order valence-corrected chi connectivity index (χ0v) is 14.0. The van der Waals surface area contributed by atoms with Crippen LogP contribution in [0.25, 0.3) is 0 Å². The molecule has 3 heteroatoms. The molecule has 0 spiro atoms. The third-order valence-electron chi connectivity index (χ3n) is 4.10. The Bertz CT molecular complexity index is 555. The Morgan fingerprint density at radius 1 is 1.05 bits per heavy atom. The van der Waals surface area contributed by atoms with Gasteiger partial charge in [-0.1, -0.05) is 61.0 Å².